The van der Waals surface area contributed by atoms with E-state index in [9.17, 15) is 23.2 Å². The lowest BCUT2D eigenvalue weighted by molar-refractivity contribution is -0.145. The third kappa shape index (κ3) is 3.25. The first kappa shape index (κ1) is 18.2. The summed E-state index contributed by atoms with van der Waals surface area (Å²) in [5.74, 6) is -3.44. The highest BCUT2D eigenvalue weighted by Crippen LogP contribution is 2.16. The highest BCUT2D eigenvalue weighted by molar-refractivity contribution is 5.79. The van der Waals surface area contributed by atoms with E-state index in [1.165, 1.54) is 0 Å². The average molecular weight is 369 g/mol. The minimum atomic E-state index is -1.38. The Morgan fingerprint density at radius 2 is 2.00 bits per heavy atom. The van der Waals surface area contributed by atoms with Gasteiger partial charge in [-0.15, -0.1) is 0 Å². The van der Waals surface area contributed by atoms with Crippen LogP contribution in [-0.4, -0.2) is 60.4 Å². The van der Waals surface area contributed by atoms with Gasteiger partial charge in [0.05, 0.1) is 25.8 Å². The maximum Gasteiger partial charge on any atom is 0.330 e. The van der Waals surface area contributed by atoms with Crippen LogP contribution in [0.1, 0.15) is 6.04 Å². The summed E-state index contributed by atoms with van der Waals surface area (Å²) in [4.78, 5) is 41.5. The first-order valence-corrected chi connectivity index (χ1v) is 7.94. The maximum atomic E-state index is 14.1. The van der Waals surface area contributed by atoms with Gasteiger partial charge in [-0.1, -0.05) is 0 Å². The summed E-state index contributed by atoms with van der Waals surface area (Å²) in [7, 11) is 1.12. The molecule has 1 N–H and O–H groups in total. The number of carbonyl (C=O) groups excluding carboxylic acids is 1. The number of ether oxygens (including phenoxy) is 2. The van der Waals surface area contributed by atoms with Crippen LogP contribution >= 0.6 is 0 Å². The first-order valence-electron chi connectivity index (χ1n) is 7.94. The van der Waals surface area contributed by atoms with Crippen LogP contribution in [0, 0.1) is 11.6 Å². The summed E-state index contributed by atoms with van der Waals surface area (Å²) in [6.45, 7) is 1.88. The van der Waals surface area contributed by atoms with E-state index in [2.05, 4.69) is 4.98 Å². The van der Waals surface area contributed by atoms with E-state index in [4.69, 9.17) is 9.47 Å². The summed E-state index contributed by atoms with van der Waals surface area (Å²) in [6, 6.07) is 0.597. The Kier molecular flexibility index (Phi) is 5.14. The van der Waals surface area contributed by atoms with Gasteiger partial charge >= 0.3 is 11.7 Å². The maximum absolute atomic E-state index is 14.1. The number of rotatable bonds is 4. The molecule has 1 aliphatic rings. The Balaban J connectivity index is 2.15. The van der Waals surface area contributed by atoms with Crippen LogP contribution in [0.5, 0.6) is 0 Å². The largest absolute Gasteiger partial charge is 0.467 e. The molecule has 26 heavy (non-hydrogen) atoms. The Labute approximate surface area is 145 Å². The minimum Gasteiger partial charge on any atom is -0.467 e. The molecule has 1 saturated heterocycles. The van der Waals surface area contributed by atoms with Crippen LogP contribution in [0.25, 0.3) is 10.9 Å². The van der Waals surface area contributed by atoms with Gasteiger partial charge in [-0.2, -0.15) is 0 Å². The number of carbonyl (C=O) groups is 1. The number of morpholine rings is 1. The van der Waals surface area contributed by atoms with E-state index >= 15 is 0 Å². The quantitative estimate of drug-likeness (QED) is 0.764. The molecule has 0 saturated carbocycles. The van der Waals surface area contributed by atoms with Crippen molar-refractivity contribution >= 4 is 16.9 Å². The highest BCUT2D eigenvalue weighted by atomic mass is 19.2. The van der Waals surface area contributed by atoms with E-state index in [0.29, 0.717) is 30.9 Å². The SMILES string of the molecule is COC(=O)C(CN1CCOCC1)n1c(=O)[nH]c2ccc(F)c(F)c2c1=O. The number of aromatic amines is 1. The summed E-state index contributed by atoms with van der Waals surface area (Å²) in [6.07, 6.45) is 0. The predicted molar refractivity (Wildman–Crippen MR) is 87.1 cm³/mol. The Bertz CT molecular complexity index is 949. The van der Waals surface area contributed by atoms with Crippen molar-refractivity contribution in [2.24, 2.45) is 0 Å². The zero-order valence-corrected chi connectivity index (χ0v) is 14.0. The van der Waals surface area contributed by atoms with Crippen LogP contribution in [0.3, 0.4) is 0 Å². The summed E-state index contributed by atoms with van der Waals surface area (Å²) in [5.41, 5.74) is -2.15. The lowest BCUT2D eigenvalue weighted by Gasteiger charge is -2.29. The second kappa shape index (κ2) is 7.34. The van der Waals surface area contributed by atoms with Gasteiger partial charge in [-0.05, 0) is 12.1 Å². The summed E-state index contributed by atoms with van der Waals surface area (Å²) in [5, 5.41) is -0.625. The molecule has 10 heteroatoms. The van der Waals surface area contributed by atoms with Gasteiger partial charge < -0.3 is 14.5 Å². The Morgan fingerprint density at radius 1 is 1.31 bits per heavy atom. The third-order valence-corrected chi connectivity index (χ3v) is 4.31. The predicted octanol–water partition coefficient (Wildman–Crippen LogP) is 0.0143. The summed E-state index contributed by atoms with van der Waals surface area (Å²) >= 11 is 0. The molecule has 2 heterocycles. The summed E-state index contributed by atoms with van der Waals surface area (Å²) < 4.78 is 38.2. The molecular weight excluding hydrogens is 352 g/mol. The first-order chi connectivity index (χ1) is 12.4. The number of hydrogen-bond donors (Lipinski definition) is 1. The molecule has 0 amide bonds. The molecule has 1 aromatic heterocycles. The number of benzene rings is 1. The minimum absolute atomic E-state index is 0.00145. The van der Waals surface area contributed by atoms with Crippen molar-refractivity contribution in [2.75, 3.05) is 40.0 Å². The number of nitrogens with zero attached hydrogens (tertiary/aromatic N) is 2. The smallest absolute Gasteiger partial charge is 0.330 e. The van der Waals surface area contributed by atoms with Gasteiger partial charge in [0.2, 0.25) is 0 Å². The molecule has 1 aliphatic heterocycles. The van der Waals surface area contributed by atoms with Crippen LogP contribution in [-0.2, 0) is 14.3 Å². The Morgan fingerprint density at radius 3 is 2.65 bits per heavy atom. The average Bonchev–Trinajstić information content (AvgIpc) is 2.64. The van der Waals surface area contributed by atoms with Crippen LogP contribution in [0.4, 0.5) is 8.78 Å². The van der Waals surface area contributed by atoms with Crippen LogP contribution < -0.4 is 11.2 Å². The van der Waals surface area contributed by atoms with Crippen molar-refractivity contribution in [3.05, 3.63) is 44.6 Å². The monoisotopic (exact) mass is 369 g/mol. The van der Waals surface area contributed by atoms with Gasteiger partial charge in [0.1, 0.15) is 5.39 Å². The van der Waals surface area contributed by atoms with Crippen LogP contribution in [0.15, 0.2) is 21.7 Å². The zero-order valence-electron chi connectivity index (χ0n) is 14.0. The molecule has 2 aromatic rings. The fraction of sp³-hybridized carbons (Fsp3) is 0.438. The van der Waals surface area contributed by atoms with Gasteiger partial charge in [-0.25, -0.2) is 22.9 Å². The van der Waals surface area contributed by atoms with Gasteiger partial charge in [-0.3, -0.25) is 9.69 Å². The number of methoxy groups -OCH3 is 1. The molecule has 0 aliphatic carbocycles. The third-order valence-electron chi connectivity index (χ3n) is 4.31. The van der Waals surface area contributed by atoms with E-state index < -0.39 is 40.3 Å². The van der Waals surface area contributed by atoms with E-state index in [1.54, 1.807) is 0 Å². The Hall–Kier alpha value is -2.59. The topological polar surface area (TPSA) is 93.6 Å². The number of aromatic nitrogens is 2. The highest BCUT2D eigenvalue weighted by Gasteiger charge is 2.29. The molecule has 1 fully saturated rings. The van der Waals surface area contributed by atoms with Crippen molar-refractivity contribution in [1.82, 2.24) is 14.5 Å². The fourth-order valence-electron chi connectivity index (χ4n) is 2.96. The molecule has 1 aromatic carbocycles. The number of fused-ring (bicyclic) bond motifs is 1. The van der Waals surface area contributed by atoms with Crippen molar-refractivity contribution in [3.8, 4) is 0 Å². The molecule has 0 spiro atoms. The normalized spacial score (nSPS) is 16.6. The second-order valence-electron chi connectivity index (χ2n) is 5.84. The molecule has 140 valence electrons. The zero-order chi connectivity index (χ0) is 18.8. The fourth-order valence-corrected chi connectivity index (χ4v) is 2.96. The lowest BCUT2D eigenvalue weighted by atomic mass is 10.2. The van der Waals surface area contributed by atoms with Crippen LogP contribution in [0.2, 0.25) is 0 Å². The number of H-pyrrole nitrogens is 1. The number of esters is 1. The van der Waals surface area contributed by atoms with E-state index in [1.807, 2.05) is 4.90 Å². The number of halogens is 2. The second-order valence-corrected chi connectivity index (χ2v) is 5.84. The number of hydrogen-bond acceptors (Lipinski definition) is 6. The van der Waals surface area contributed by atoms with E-state index in [-0.39, 0.29) is 12.1 Å². The molecule has 0 bridgehead atoms. The van der Waals surface area contributed by atoms with E-state index in [0.717, 1.165) is 19.2 Å². The molecule has 8 nitrogen and oxygen atoms in total. The molecule has 3 rings (SSSR count). The van der Waals surface area contributed by atoms with Crippen molar-refractivity contribution in [1.29, 1.82) is 0 Å². The van der Waals surface area contributed by atoms with Gasteiger partial charge in [0.25, 0.3) is 5.56 Å². The van der Waals surface area contributed by atoms with Gasteiger partial charge in [0, 0.05) is 19.6 Å². The molecule has 0 radical (unpaired) electrons. The van der Waals surface area contributed by atoms with Crippen molar-refractivity contribution in [2.45, 2.75) is 6.04 Å². The van der Waals surface area contributed by atoms with Crippen molar-refractivity contribution in [3.63, 3.8) is 0 Å². The molecule has 1 unspecified atom stereocenters. The number of nitrogens with one attached hydrogen (secondary N) is 1. The standard InChI is InChI=1S/C16H17F2N3O5/c1-25-15(23)11(8-20-4-6-26-7-5-20)21-14(22)12-10(19-16(21)24)3-2-9(17)13(12)18/h2-3,11H,4-8H2,1H3,(H,19,24). The van der Waals surface area contributed by atoms with Gasteiger partial charge in [0.15, 0.2) is 17.7 Å². The molecule has 1 atom stereocenters. The lowest BCUT2D eigenvalue weighted by Crippen LogP contribution is -2.48. The van der Waals surface area contributed by atoms with Crippen molar-refractivity contribution < 1.29 is 23.0 Å². The molecular formula is C16H17F2N3O5.